The van der Waals surface area contributed by atoms with Crippen molar-refractivity contribution in [3.8, 4) is 5.75 Å². The fourth-order valence-corrected chi connectivity index (χ4v) is 6.39. The van der Waals surface area contributed by atoms with Crippen LogP contribution < -0.4 is 10.5 Å². The molecule has 0 saturated carbocycles. The largest absolute Gasteiger partial charge is 0.493 e. The van der Waals surface area contributed by atoms with Crippen LogP contribution >= 0.6 is 11.6 Å². The van der Waals surface area contributed by atoms with Crippen LogP contribution in [0.3, 0.4) is 0 Å². The van der Waals surface area contributed by atoms with Crippen LogP contribution in [0.25, 0.3) is 0 Å². The first-order chi connectivity index (χ1) is 21.3. The van der Waals surface area contributed by atoms with Gasteiger partial charge in [-0.15, -0.1) is 0 Å². The Morgan fingerprint density at radius 2 is 1.56 bits per heavy atom. The van der Waals surface area contributed by atoms with Gasteiger partial charge >= 0.3 is 6.18 Å². The molecule has 0 spiro atoms. The van der Waals surface area contributed by atoms with Crippen molar-refractivity contribution in [1.29, 1.82) is 0 Å². The van der Waals surface area contributed by atoms with Crippen LogP contribution in [0.4, 0.5) is 17.6 Å². The van der Waals surface area contributed by atoms with Gasteiger partial charge in [0, 0.05) is 43.4 Å². The van der Waals surface area contributed by atoms with E-state index in [1.807, 2.05) is 65.6 Å². The van der Waals surface area contributed by atoms with E-state index < -0.39 is 44.1 Å². The number of halogens is 5. The number of ether oxygens (including phenoxy) is 1. The molecule has 0 heterocycles. The van der Waals surface area contributed by atoms with Crippen LogP contribution in [0.5, 0.6) is 5.75 Å². The number of hydrogen-bond donors (Lipinski definition) is 2. The summed E-state index contributed by atoms with van der Waals surface area (Å²) in [6, 6.07) is 25.3. The molecule has 3 N–H and O–H groups in total. The number of benzene rings is 4. The Balaban J connectivity index is 1.59. The molecule has 0 aliphatic rings. The first-order valence-corrected chi connectivity index (χ1v) is 16.3. The topological polar surface area (TPSA) is 92.9 Å². The minimum absolute atomic E-state index is 0.0291. The van der Waals surface area contributed by atoms with Crippen LogP contribution in [0, 0.1) is 5.82 Å². The molecule has 0 radical (unpaired) electrons. The zero-order valence-corrected chi connectivity index (χ0v) is 25.9. The molecular formula is C33H33ClF4N2O4S. The molecule has 0 aromatic heterocycles. The molecule has 4 aromatic rings. The van der Waals surface area contributed by atoms with Crippen molar-refractivity contribution in [3.63, 3.8) is 0 Å². The number of alkyl halides is 3. The Labute approximate surface area is 264 Å². The van der Waals surface area contributed by atoms with Gasteiger partial charge in [-0.3, -0.25) is 4.90 Å². The Kier molecular flexibility index (Phi) is 11.3. The summed E-state index contributed by atoms with van der Waals surface area (Å²) in [6.45, 7) is 0.913. The van der Waals surface area contributed by atoms with Gasteiger partial charge in [0.2, 0.25) is 0 Å². The first-order valence-electron chi connectivity index (χ1n) is 14.0. The number of nitrogens with two attached hydrogens (primary N) is 1. The second kappa shape index (κ2) is 14.7. The summed E-state index contributed by atoms with van der Waals surface area (Å²) in [5.74, 6) is -1.23. The third-order valence-corrected chi connectivity index (χ3v) is 8.85. The van der Waals surface area contributed by atoms with Gasteiger partial charge < -0.3 is 15.6 Å². The minimum Gasteiger partial charge on any atom is -0.493 e. The maximum atomic E-state index is 14.7. The van der Waals surface area contributed by atoms with Crippen molar-refractivity contribution in [1.82, 2.24) is 4.90 Å². The highest BCUT2D eigenvalue weighted by molar-refractivity contribution is 7.90. The van der Waals surface area contributed by atoms with Gasteiger partial charge in [-0.2, -0.15) is 13.2 Å². The number of hydrogen-bond acceptors (Lipinski definition) is 6. The summed E-state index contributed by atoms with van der Waals surface area (Å²) < 4.78 is 85.7. The normalized spacial score (nSPS) is 12.9. The quantitative estimate of drug-likeness (QED) is 0.0913. The van der Waals surface area contributed by atoms with Gasteiger partial charge in [0.1, 0.15) is 17.8 Å². The van der Waals surface area contributed by atoms with Crippen LogP contribution in [0.15, 0.2) is 95.9 Å². The van der Waals surface area contributed by atoms with Crippen molar-refractivity contribution < 1.29 is 35.8 Å². The van der Waals surface area contributed by atoms with Crippen molar-refractivity contribution in [2.45, 2.75) is 36.2 Å². The molecule has 1 atom stereocenters. The molecule has 4 rings (SSSR count). The Hall–Kier alpha value is -3.48. The molecule has 0 aliphatic heterocycles. The fourth-order valence-electron chi connectivity index (χ4n) is 5.15. The van der Waals surface area contributed by atoms with Crippen molar-refractivity contribution >= 4 is 21.4 Å². The second-order valence-corrected chi connectivity index (χ2v) is 13.0. The third-order valence-electron chi connectivity index (χ3n) is 7.27. The Morgan fingerprint density at radius 1 is 0.956 bits per heavy atom. The number of aliphatic hydroxyl groups excluding tert-OH is 1. The monoisotopic (exact) mass is 664 g/mol. The van der Waals surface area contributed by atoms with Gasteiger partial charge in [-0.1, -0.05) is 84.4 Å². The van der Waals surface area contributed by atoms with Crippen LogP contribution in [-0.2, 0) is 22.6 Å². The second-order valence-electron chi connectivity index (χ2n) is 10.6. The molecule has 45 heavy (non-hydrogen) atoms. The number of aliphatic hydroxyl groups is 1. The lowest BCUT2D eigenvalue weighted by Crippen LogP contribution is -2.31. The number of sulfone groups is 1. The maximum absolute atomic E-state index is 14.7. The van der Waals surface area contributed by atoms with E-state index in [9.17, 15) is 31.1 Å². The van der Waals surface area contributed by atoms with Gasteiger partial charge in [0.05, 0.1) is 22.1 Å². The van der Waals surface area contributed by atoms with Crippen molar-refractivity contribution in [2.75, 3.05) is 26.0 Å². The molecule has 240 valence electrons. The lowest BCUT2D eigenvalue weighted by Gasteiger charge is -2.29. The average Bonchev–Trinajstić information content (AvgIpc) is 2.98. The molecule has 4 aromatic carbocycles. The predicted octanol–water partition coefficient (Wildman–Crippen LogP) is 6.95. The standard InChI is InChI=1S/C33H33ClF4N2O4S/c1-45(42,43)29-19-25(18-28(35)30(29)32(39)41)44-17-9-16-40(20-24-14-8-15-27(31(24)34)33(36,37)38)21-26(22-10-4-2-5-11-22)23-12-6-3-7-13-23/h2-8,10-15,18-19,26,32,41H,9,16-17,20-21,39H2,1H3. The smallest absolute Gasteiger partial charge is 0.417 e. The van der Waals surface area contributed by atoms with Gasteiger partial charge in [0.15, 0.2) is 9.84 Å². The fraction of sp³-hybridized carbons (Fsp3) is 0.273. The van der Waals surface area contributed by atoms with E-state index in [0.717, 1.165) is 35.6 Å². The van der Waals surface area contributed by atoms with Gasteiger partial charge in [-0.25, -0.2) is 12.8 Å². The Morgan fingerprint density at radius 3 is 2.09 bits per heavy atom. The average molecular weight is 665 g/mol. The highest BCUT2D eigenvalue weighted by atomic mass is 35.5. The molecule has 12 heteroatoms. The summed E-state index contributed by atoms with van der Waals surface area (Å²) in [4.78, 5) is 1.49. The maximum Gasteiger partial charge on any atom is 0.417 e. The molecule has 0 amide bonds. The molecule has 1 unspecified atom stereocenters. The summed E-state index contributed by atoms with van der Waals surface area (Å²) in [5.41, 5.74) is 6.26. The minimum atomic E-state index is -4.61. The van der Waals surface area contributed by atoms with Gasteiger partial charge in [0.25, 0.3) is 0 Å². The Bertz CT molecular complexity index is 1650. The van der Waals surface area contributed by atoms with Crippen LogP contribution in [0.1, 0.15) is 46.4 Å². The summed E-state index contributed by atoms with van der Waals surface area (Å²) >= 11 is 6.27. The molecule has 0 saturated heterocycles. The van der Waals surface area contributed by atoms with E-state index >= 15 is 0 Å². The summed E-state index contributed by atoms with van der Waals surface area (Å²) in [5, 5.41) is 9.34. The third kappa shape index (κ3) is 9.05. The van der Waals surface area contributed by atoms with Crippen LogP contribution in [-0.4, -0.2) is 44.4 Å². The van der Waals surface area contributed by atoms with E-state index in [1.165, 1.54) is 6.07 Å². The highest BCUT2D eigenvalue weighted by Gasteiger charge is 2.34. The predicted molar refractivity (Wildman–Crippen MR) is 165 cm³/mol. The van der Waals surface area contributed by atoms with E-state index in [4.69, 9.17) is 22.1 Å². The highest BCUT2D eigenvalue weighted by Crippen LogP contribution is 2.37. The number of rotatable bonds is 13. The van der Waals surface area contributed by atoms with Gasteiger partial charge in [-0.05, 0) is 35.2 Å². The van der Waals surface area contributed by atoms with E-state index in [0.29, 0.717) is 25.1 Å². The van der Waals surface area contributed by atoms with Crippen molar-refractivity contribution in [3.05, 3.63) is 130 Å². The van der Waals surface area contributed by atoms with E-state index in [1.54, 1.807) is 6.07 Å². The SMILES string of the molecule is CS(=O)(=O)c1cc(OCCCN(Cc2cccc(C(F)(F)F)c2Cl)CC(c2ccccc2)c2ccccc2)cc(F)c1C(N)O. The lowest BCUT2D eigenvalue weighted by molar-refractivity contribution is -0.137. The van der Waals surface area contributed by atoms with E-state index in [2.05, 4.69) is 0 Å². The number of nitrogens with zero attached hydrogens (tertiary/aromatic N) is 1. The van der Waals surface area contributed by atoms with Crippen LogP contribution in [0.2, 0.25) is 5.02 Å². The molecule has 6 nitrogen and oxygen atoms in total. The van der Waals surface area contributed by atoms with Crippen molar-refractivity contribution in [2.24, 2.45) is 5.73 Å². The van der Waals surface area contributed by atoms with E-state index in [-0.39, 0.29) is 29.8 Å². The first kappa shape index (κ1) is 34.4. The molecular weight excluding hydrogens is 632 g/mol. The molecule has 0 aliphatic carbocycles. The zero-order valence-electron chi connectivity index (χ0n) is 24.3. The zero-order chi connectivity index (χ0) is 32.8. The molecule has 0 bridgehead atoms. The molecule has 0 fully saturated rings. The summed E-state index contributed by atoms with van der Waals surface area (Å²) in [7, 11) is -3.95. The lowest BCUT2D eigenvalue weighted by atomic mass is 9.90. The summed E-state index contributed by atoms with van der Waals surface area (Å²) in [6.07, 6.45) is -5.24.